The quantitative estimate of drug-likeness (QED) is 0.872. The van der Waals surface area contributed by atoms with Gasteiger partial charge in [0.2, 0.25) is 0 Å². The molecule has 2 heteroatoms. The zero-order valence-corrected chi connectivity index (χ0v) is 10.9. The van der Waals surface area contributed by atoms with Crippen LogP contribution in [0.15, 0.2) is 28.7 Å². The second-order valence-corrected chi connectivity index (χ2v) is 5.50. The Kier molecular flexibility index (Phi) is 3.17. The predicted octanol–water partition coefficient (Wildman–Crippen LogP) is 3.54. The van der Waals surface area contributed by atoms with Gasteiger partial charge in [0.05, 0.1) is 0 Å². The molecule has 1 fully saturated rings. The predicted molar refractivity (Wildman–Crippen MR) is 67.8 cm³/mol. The van der Waals surface area contributed by atoms with Gasteiger partial charge < -0.3 is 5.73 Å². The standard InChI is InChI=1S/C13H18BrN/c1-3-11-12(8(2)13(11)15)9-4-6-10(14)7-5-9/h4-8,11-13H,3,15H2,1-2H3. The van der Waals surface area contributed by atoms with Gasteiger partial charge in [-0.3, -0.25) is 0 Å². The first kappa shape index (κ1) is 11.2. The second kappa shape index (κ2) is 4.26. The number of hydrogen-bond donors (Lipinski definition) is 1. The second-order valence-electron chi connectivity index (χ2n) is 4.59. The van der Waals surface area contributed by atoms with Crippen molar-refractivity contribution >= 4 is 15.9 Å². The molecule has 0 bridgehead atoms. The van der Waals surface area contributed by atoms with Gasteiger partial charge in [-0.05, 0) is 35.4 Å². The number of nitrogens with two attached hydrogens (primary N) is 1. The Balaban J connectivity index is 2.20. The summed E-state index contributed by atoms with van der Waals surface area (Å²) in [4.78, 5) is 0. The van der Waals surface area contributed by atoms with E-state index in [1.807, 2.05) is 0 Å². The fraction of sp³-hybridized carbons (Fsp3) is 0.538. The largest absolute Gasteiger partial charge is 0.327 e. The van der Waals surface area contributed by atoms with Gasteiger partial charge in [0.1, 0.15) is 0 Å². The average molecular weight is 268 g/mol. The van der Waals surface area contributed by atoms with Gasteiger partial charge in [0, 0.05) is 10.5 Å². The lowest BCUT2D eigenvalue weighted by atomic mass is 9.58. The fourth-order valence-electron chi connectivity index (χ4n) is 2.88. The Labute approximate surface area is 100 Å². The SMILES string of the molecule is CCC1C(N)C(C)C1c1ccc(Br)cc1. The summed E-state index contributed by atoms with van der Waals surface area (Å²) in [5.74, 6) is 1.95. The third-order valence-corrected chi connectivity index (χ3v) is 4.38. The molecular formula is C13H18BrN. The van der Waals surface area contributed by atoms with Gasteiger partial charge in [-0.25, -0.2) is 0 Å². The molecule has 15 heavy (non-hydrogen) atoms. The van der Waals surface area contributed by atoms with Crippen LogP contribution in [0.25, 0.3) is 0 Å². The maximum Gasteiger partial charge on any atom is 0.0175 e. The van der Waals surface area contributed by atoms with E-state index in [1.54, 1.807) is 0 Å². The summed E-state index contributed by atoms with van der Waals surface area (Å²) in [6.07, 6.45) is 1.19. The molecule has 1 saturated carbocycles. The van der Waals surface area contributed by atoms with E-state index in [1.165, 1.54) is 12.0 Å². The number of rotatable bonds is 2. The van der Waals surface area contributed by atoms with Crippen molar-refractivity contribution < 1.29 is 0 Å². The van der Waals surface area contributed by atoms with E-state index in [-0.39, 0.29) is 0 Å². The van der Waals surface area contributed by atoms with Crippen molar-refractivity contribution in [2.24, 2.45) is 17.6 Å². The van der Waals surface area contributed by atoms with Crippen LogP contribution >= 0.6 is 15.9 Å². The minimum atomic E-state index is 0.392. The van der Waals surface area contributed by atoms with Crippen LogP contribution in [-0.2, 0) is 0 Å². The molecule has 4 unspecified atom stereocenters. The molecule has 2 rings (SSSR count). The van der Waals surface area contributed by atoms with Crippen molar-refractivity contribution in [3.63, 3.8) is 0 Å². The van der Waals surface area contributed by atoms with Crippen LogP contribution in [0, 0.1) is 11.8 Å². The normalized spacial score (nSPS) is 34.9. The van der Waals surface area contributed by atoms with Gasteiger partial charge in [-0.2, -0.15) is 0 Å². The van der Waals surface area contributed by atoms with Crippen molar-refractivity contribution in [2.45, 2.75) is 32.2 Å². The molecule has 0 spiro atoms. The maximum atomic E-state index is 6.13. The van der Waals surface area contributed by atoms with Crippen LogP contribution in [0.5, 0.6) is 0 Å². The summed E-state index contributed by atoms with van der Waals surface area (Å²) >= 11 is 3.47. The topological polar surface area (TPSA) is 26.0 Å². The van der Waals surface area contributed by atoms with E-state index in [0.29, 0.717) is 23.8 Å². The Bertz CT molecular complexity index is 333. The van der Waals surface area contributed by atoms with Crippen LogP contribution in [0.2, 0.25) is 0 Å². The number of halogens is 1. The van der Waals surface area contributed by atoms with E-state index in [9.17, 15) is 0 Å². The van der Waals surface area contributed by atoms with Crippen molar-refractivity contribution in [1.82, 2.24) is 0 Å². The third-order valence-electron chi connectivity index (χ3n) is 3.86. The summed E-state index contributed by atoms with van der Waals surface area (Å²) in [7, 11) is 0. The molecule has 0 amide bonds. The molecular weight excluding hydrogens is 250 g/mol. The van der Waals surface area contributed by atoms with Gasteiger partial charge in [0.25, 0.3) is 0 Å². The van der Waals surface area contributed by atoms with Crippen LogP contribution in [0.4, 0.5) is 0 Å². The summed E-state index contributed by atoms with van der Waals surface area (Å²) < 4.78 is 1.15. The van der Waals surface area contributed by atoms with E-state index in [0.717, 1.165) is 4.47 Å². The Hall–Kier alpha value is -0.340. The molecule has 1 aliphatic carbocycles. The highest BCUT2D eigenvalue weighted by atomic mass is 79.9. The molecule has 1 aromatic carbocycles. The molecule has 0 radical (unpaired) electrons. The zero-order chi connectivity index (χ0) is 11.0. The molecule has 82 valence electrons. The Morgan fingerprint density at radius 2 is 1.87 bits per heavy atom. The molecule has 2 N–H and O–H groups in total. The molecule has 0 saturated heterocycles. The molecule has 0 heterocycles. The molecule has 1 aromatic rings. The molecule has 1 aliphatic rings. The number of hydrogen-bond acceptors (Lipinski definition) is 1. The zero-order valence-electron chi connectivity index (χ0n) is 9.28. The van der Waals surface area contributed by atoms with E-state index >= 15 is 0 Å². The van der Waals surface area contributed by atoms with Gasteiger partial charge in [0.15, 0.2) is 0 Å². The average Bonchev–Trinajstić information content (AvgIpc) is 2.26. The molecule has 4 atom stereocenters. The van der Waals surface area contributed by atoms with Crippen LogP contribution in [-0.4, -0.2) is 6.04 Å². The van der Waals surface area contributed by atoms with E-state index in [4.69, 9.17) is 5.73 Å². The minimum Gasteiger partial charge on any atom is -0.327 e. The van der Waals surface area contributed by atoms with Gasteiger partial charge in [-0.1, -0.05) is 48.3 Å². The van der Waals surface area contributed by atoms with Gasteiger partial charge >= 0.3 is 0 Å². The van der Waals surface area contributed by atoms with Crippen LogP contribution < -0.4 is 5.73 Å². The first-order valence-corrected chi connectivity index (χ1v) is 6.45. The summed E-state index contributed by atoms with van der Waals surface area (Å²) in [6, 6.07) is 9.08. The van der Waals surface area contributed by atoms with Gasteiger partial charge in [-0.15, -0.1) is 0 Å². The third kappa shape index (κ3) is 1.85. The monoisotopic (exact) mass is 267 g/mol. The van der Waals surface area contributed by atoms with Crippen molar-refractivity contribution in [3.05, 3.63) is 34.3 Å². The molecule has 1 nitrogen and oxygen atoms in total. The first-order chi connectivity index (χ1) is 7.15. The fourth-order valence-corrected chi connectivity index (χ4v) is 3.14. The van der Waals surface area contributed by atoms with Crippen LogP contribution in [0.1, 0.15) is 31.7 Å². The highest BCUT2D eigenvalue weighted by molar-refractivity contribution is 9.10. The lowest BCUT2D eigenvalue weighted by Crippen LogP contribution is -2.53. The van der Waals surface area contributed by atoms with E-state index < -0.39 is 0 Å². The van der Waals surface area contributed by atoms with Crippen molar-refractivity contribution in [2.75, 3.05) is 0 Å². The molecule has 0 aliphatic heterocycles. The summed E-state index contributed by atoms with van der Waals surface area (Å²) in [5.41, 5.74) is 7.57. The lowest BCUT2D eigenvalue weighted by Gasteiger charge is -2.49. The Morgan fingerprint density at radius 1 is 1.27 bits per heavy atom. The first-order valence-electron chi connectivity index (χ1n) is 5.66. The summed E-state index contributed by atoms with van der Waals surface area (Å²) in [6.45, 7) is 4.51. The Morgan fingerprint density at radius 3 is 2.40 bits per heavy atom. The van der Waals surface area contributed by atoms with E-state index in [2.05, 4.69) is 54.0 Å². The van der Waals surface area contributed by atoms with Crippen molar-refractivity contribution in [1.29, 1.82) is 0 Å². The van der Waals surface area contributed by atoms with Crippen molar-refractivity contribution in [3.8, 4) is 0 Å². The lowest BCUT2D eigenvalue weighted by molar-refractivity contribution is 0.109. The molecule has 0 aromatic heterocycles. The minimum absolute atomic E-state index is 0.392. The maximum absolute atomic E-state index is 6.13. The highest BCUT2D eigenvalue weighted by Crippen LogP contribution is 2.48. The summed E-state index contributed by atoms with van der Waals surface area (Å²) in [5, 5.41) is 0. The highest BCUT2D eigenvalue weighted by Gasteiger charge is 2.44. The van der Waals surface area contributed by atoms with Crippen LogP contribution in [0.3, 0.4) is 0 Å². The number of benzene rings is 1. The smallest absolute Gasteiger partial charge is 0.0175 e.